The summed E-state index contributed by atoms with van der Waals surface area (Å²) in [6.45, 7) is 20.0. The number of hydrogen-bond donors (Lipinski definition) is 0. The molecule has 0 unspecified atom stereocenters. The van der Waals surface area contributed by atoms with Crippen molar-refractivity contribution in [2.75, 3.05) is 4.90 Å². The van der Waals surface area contributed by atoms with E-state index in [2.05, 4.69) is 163 Å². The van der Waals surface area contributed by atoms with E-state index in [0.717, 1.165) is 11.8 Å². The van der Waals surface area contributed by atoms with Crippen LogP contribution in [0, 0.1) is 23.7 Å². The van der Waals surface area contributed by atoms with Gasteiger partial charge in [0.2, 0.25) is 0 Å². The standard InChI is InChI=1S/C56H63NS/c1-52(2)25-27-54(5,6)50-42(52)18-13-20-45(50)57(46-21-14-19-43-51(46)55(7,8)28-26-53(43,3)4)40-23-24-47-44(34-40)56(38-30-35-29-36(32-38)33-39(56)31-35)49-41(17-12-22-48(49)58-47)37-15-10-9-11-16-37/h9-24,34-36,38-39H,25-33H2,1-8H3. The molecule has 12 rings (SSSR count). The van der Waals surface area contributed by atoms with Gasteiger partial charge in [-0.3, -0.25) is 0 Å². The van der Waals surface area contributed by atoms with Crippen LogP contribution < -0.4 is 4.90 Å². The van der Waals surface area contributed by atoms with Gasteiger partial charge in [0.1, 0.15) is 0 Å². The van der Waals surface area contributed by atoms with E-state index in [1.165, 1.54) is 107 Å². The molecule has 7 aliphatic rings. The summed E-state index contributed by atoms with van der Waals surface area (Å²) in [6, 6.07) is 41.1. The molecule has 0 N–H and O–H groups in total. The smallest absolute Gasteiger partial charge is 0.0502 e. The molecule has 6 aliphatic carbocycles. The zero-order chi connectivity index (χ0) is 40.0. The summed E-state index contributed by atoms with van der Waals surface area (Å²) in [7, 11) is 0. The number of nitrogens with zero attached hydrogens (tertiary/aromatic N) is 1. The van der Waals surface area contributed by atoms with Gasteiger partial charge < -0.3 is 4.90 Å². The summed E-state index contributed by atoms with van der Waals surface area (Å²) in [5.41, 5.74) is 16.7. The van der Waals surface area contributed by atoms with E-state index in [0.29, 0.717) is 11.8 Å². The van der Waals surface area contributed by atoms with Crippen LogP contribution in [0.25, 0.3) is 11.1 Å². The van der Waals surface area contributed by atoms with Crippen molar-refractivity contribution in [3.05, 3.63) is 137 Å². The Balaban J connectivity index is 1.21. The highest BCUT2D eigenvalue weighted by atomic mass is 32.2. The van der Waals surface area contributed by atoms with Crippen LogP contribution in [0.1, 0.15) is 147 Å². The predicted molar refractivity (Wildman–Crippen MR) is 246 cm³/mol. The molecule has 2 heteroatoms. The van der Waals surface area contributed by atoms with Crippen molar-refractivity contribution in [2.24, 2.45) is 23.7 Å². The third-order valence-corrected chi connectivity index (χ3v) is 18.1. The summed E-state index contributed by atoms with van der Waals surface area (Å²) in [4.78, 5) is 5.77. The Morgan fingerprint density at radius 1 is 0.466 bits per heavy atom. The third-order valence-electron chi connectivity index (χ3n) is 17.0. The zero-order valence-corrected chi connectivity index (χ0v) is 37.2. The molecule has 1 spiro atoms. The lowest BCUT2D eigenvalue weighted by Gasteiger charge is -2.63. The highest BCUT2D eigenvalue weighted by Gasteiger charge is 2.61. The number of rotatable bonds is 4. The molecule has 5 aromatic rings. The number of anilines is 3. The van der Waals surface area contributed by atoms with Gasteiger partial charge in [0.05, 0.1) is 11.4 Å². The topological polar surface area (TPSA) is 3.24 Å². The molecule has 4 bridgehead atoms. The fourth-order valence-corrected chi connectivity index (χ4v) is 15.4. The fraction of sp³-hybridized carbons (Fsp3) is 0.464. The van der Waals surface area contributed by atoms with Crippen molar-refractivity contribution in [3.8, 4) is 11.1 Å². The van der Waals surface area contributed by atoms with Crippen LogP contribution >= 0.6 is 11.8 Å². The quantitative estimate of drug-likeness (QED) is 0.179. The molecule has 58 heavy (non-hydrogen) atoms. The second-order valence-electron chi connectivity index (χ2n) is 22.3. The Kier molecular flexibility index (Phi) is 8.12. The molecule has 0 aromatic heterocycles. The minimum absolute atomic E-state index is 0.00616. The summed E-state index contributed by atoms with van der Waals surface area (Å²) in [6.07, 6.45) is 11.8. The van der Waals surface area contributed by atoms with E-state index in [4.69, 9.17) is 0 Å². The first-order chi connectivity index (χ1) is 27.7. The second-order valence-corrected chi connectivity index (χ2v) is 23.4. The van der Waals surface area contributed by atoms with E-state index < -0.39 is 0 Å². The first-order valence-corrected chi connectivity index (χ1v) is 23.6. The van der Waals surface area contributed by atoms with Crippen molar-refractivity contribution < 1.29 is 0 Å². The van der Waals surface area contributed by atoms with Gasteiger partial charge in [-0.2, -0.15) is 0 Å². The maximum absolute atomic E-state index is 2.79. The monoisotopic (exact) mass is 781 g/mol. The van der Waals surface area contributed by atoms with Gasteiger partial charge in [-0.15, -0.1) is 0 Å². The van der Waals surface area contributed by atoms with Crippen LogP contribution in [0.4, 0.5) is 17.1 Å². The van der Waals surface area contributed by atoms with Crippen LogP contribution in [-0.2, 0) is 27.1 Å². The summed E-state index contributed by atoms with van der Waals surface area (Å²) >= 11 is 2.05. The molecule has 0 amide bonds. The molecule has 5 aromatic carbocycles. The Bertz CT molecular complexity index is 2350. The fourth-order valence-electron chi connectivity index (χ4n) is 14.2. The van der Waals surface area contributed by atoms with Gasteiger partial charge in [0, 0.05) is 20.9 Å². The maximum atomic E-state index is 2.79. The van der Waals surface area contributed by atoms with Gasteiger partial charge in [-0.1, -0.05) is 134 Å². The lowest BCUT2D eigenvalue weighted by molar-refractivity contribution is -0.0441. The average Bonchev–Trinajstić information content (AvgIpc) is 3.20. The summed E-state index contributed by atoms with van der Waals surface area (Å²) < 4.78 is 0. The van der Waals surface area contributed by atoms with Crippen LogP contribution in [-0.4, -0.2) is 0 Å². The Hall–Kier alpha value is -3.75. The molecule has 298 valence electrons. The molecule has 1 heterocycles. The molecule has 1 nitrogen and oxygen atoms in total. The Morgan fingerprint density at radius 2 is 1.00 bits per heavy atom. The predicted octanol–water partition coefficient (Wildman–Crippen LogP) is 15.7. The Labute approximate surface area is 353 Å². The number of hydrogen-bond acceptors (Lipinski definition) is 2. The third kappa shape index (κ3) is 5.28. The lowest BCUT2D eigenvalue weighted by atomic mass is 9.41. The van der Waals surface area contributed by atoms with E-state index in [1.807, 2.05) is 11.8 Å². The minimum atomic E-state index is 0.00616. The van der Waals surface area contributed by atoms with Crippen LogP contribution in [0.2, 0.25) is 0 Å². The summed E-state index contributed by atoms with van der Waals surface area (Å²) in [5.74, 6) is 3.12. The van der Waals surface area contributed by atoms with Gasteiger partial charge >= 0.3 is 0 Å². The van der Waals surface area contributed by atoms with E-state index in [1.54, 1.807) is 22.3 Å². The normalized spacial score (nSPS) is 28.6. The van der Waals surface area contributed by atoms with Crippen LogP contribution in [0.3, 0.4) is 0 Å². The Morgan fingerprint density at radius 3 is 1.57 bits per heavy atom. The average molecular weight is 782 g/mol. The van der Waals surface area contributed by atoms with Crippen molar-refractivity contribution in [1.29, 1.82) is 0 Å². The van der Waals surface area contributed by atoms with Crippen LogP contribution in [0.15, 0.2) is 113 Å². The summed E-state index contributed by atoms with van der Waals surface area (Å²) in [5, 5.41) is 0. The number of fused-ring (bicyclic) bond motifs is 4. The SMILES string of the molecule is CC1(C)CCC(C)(C)c2c(N(c3ccc4c(c3)C3(c5c(cccc5-c5ccccc5)S4)C4CC5CC(C4)CC3C5)c3cccc4c3C(C)(C)CCC4(C)C)cccc21. The first kappa shape index (κ1) is 37.3. The first-order valence-electron chi connectivity index (χ1n) is 22.8. The molecule has 0 radical (unpaired) electrons. The molecular formula is C56H63NS. The van der Waals surface area contributed by atoms with Gasteiger partial charge in [0.25, 0.3) is 0 Å². The maximum Gasteiger partial charge on any atom is 0.0502 e. The van der Waals surface area contributed by atoms with Gasteiger partial charge in [0.15, 0.2) is 0 Å². The largest absolute Gasteiger partial charge is 0.310 e. The van der Waals surface area contributed by atoms with E-state index in [9.17, 15) is 0 Å². The van der Waals surface area contributed by atoms with Crippen molar-refractivity contribution >= 4 is 28.8 Å². The van der Waals surface area contributed by atoms with Crippen molar-refractivity contribution in [1.82, 2.24) is 0 Å². The highest BCUT2D eigenvalue weighted by molar-refractivity contribution is 7.99. The van der Waals surface area contributed by atoms with Gasteiger partial charge in [-0.25, -0.2) is 0 Å². The molecule has 1 aliphatic heterocycles. The number of benzene rings is 5. The van der Waals surface area contributed by atoms with E-state index in [-0.39, 0.29) is 27.1 Å². The van der Waals surface area contributed by atoms with Crippen molar-refractivity contribution in [3.63, 3.8) is 0 Å². The molecule has 0 atom stereocenters. The van der Waals surface area contributed by atoms with Crippen molar-refractivity contribution in [2.45, 2.75) is 150 Å². The van der Waals surface area contributed by atoms with E-state index >= 15 is 0 Å². The molecular weight excluding hydrogens is 719 g/mol. The van der Waals surface area contributed by atoms with Gasteiger partial charge in [-0.05, 0) is 184 Å². The lowest BCUT2D eigenvalue weighted by Crippen LogP contribution is -2.57. The molecule has 0 saturated heterocycles. The highest BCUT2D eigenvalue weighted by Crippen LogP contribution is 2.70. The minimum Gasteiger partial charge on any atom is -0.310 e. The zero-order valence-electron chi connectivity index (χ0n) is 36.3. The second kappa shape index (κ2) is 12.6. The van der Waals surface area contributed by atoms with Crippen LogP contribution in [0.5, 0.6) is 0 Å². The molecule has 4 saturated carbocycles. The molecule has 4 fully saturated rings.